The lowest BCUT2D eigenvalue weighted by atomic mass is 9.91. The zero-order chi connectivity index (χ0) is 12.8. The molecule has 98 valence electrons. The Balaban J connectivity index is 2.21. The highest BCUT2D eigenvalue weighted by molar-refractivity contribution is 5.81. The summed E-state index contributed by atoms with van der Waals surface area (Å²) in [7, 11) is 0. The van der Waals surface area contributed by atoms with E-state index in [2.05, 4.69) is 15.8 Å². The minimum atomic E-state index is -0.269. The number of hydrazine groups is 1. The molecule has 17 heavy (non-hydrogen) atoms. The molecule has 0 aromatic heterocycles. The van der Waals surface area contributed by atoms with Gasteiger partial charge in [0.2, 0.25) is 5.91 Å². The van der Waals surface area contributed by atoms with Gasteiger partial charge in [0.05, 0.1) is 6.54 Å². The van der Waals surface area contributed by atoms with Crippen LogP contribution in [0.1, 0.15) is 26.7 Å². The van der Waals surface area contributed by atoms with Crippen LogP contribution < -0.4 is 16.6 Å². The van der Waals surface area contributed by atoms with E-state index in [-0.39, 0.29) is 17.9 Å². The largest absolute Gasteiger partial charge is 0.328 e. The summed E-state index contributed by atoms with van der Waals surface area (Å²) in [6.45, 7) is 5.49. The molecular formula is C11H22N4O2. The molecule has 4 N–H and O–H groups in total. The molecule has 6 heteroatoms. The molecule has 6 nitrogen and oxygen atoms in total. The Morgan fingerprint density at radius 1 is 1.35 bits per heavy atom. The van der Waals surface area contributed by atoms with Gasteiger partial charge >= 0.3 is 0 Å². The zero-order valence-electron chi connectivity index (χ0n) is 10.5. The summed E-state index contributed by atoms with van der Waals surface area (Å²) in [5.41, 5.74) is 10.5. The lowest BCUT2D eigenvalue weighted by molar-refractivity contribution is -0.128. The van der Waals surface area contributed by atoms with E-state index >= 15 is 0 Å². The van der Waals surface area contributed by atoms with E-state index in [0.717, 1.165) is 25.9 Å². The molecule has 0 saturated carbocycles. The summed E-state index contributed by atoms with van der Waals surface area (Å²) in [4.78, 5) is 24.1. The molecule has 1 unspecified atom stereocenters. The maximum absolute atomic E-state index is 11.4. The minimum absolute atomic E-state index is 0.181. The highest BCUT2D eigenvalue weighted by Gasteiger charge is 2.22. The van der Waals surface area contributed by atoms with Crippen LogP contribution in [0.25, 0.3) is 0 Å². The molecule has 0 spiro atoms. The number of nitrogens with zero attached hydrogens (tertiary/aromatic N) is 1. The van der Waals surface area contributed by atoms with Crippen LogP contribution in [0.4, 0.5) is 0 Å². The van der Waals surface area contributed by atoms with Gasteiger partial charge in [0.25, 0.3) is 5.91 Å². The highest BCUT2D eigenvalue weighted by atomic mass is 16.2. The molecule has 0 bridgehead atoms. The van der Waals surface area contributed by atoms with Crippen molar-refractivity contribution in [2.45, 2.75) is 32.7 Å². The minimum Gasteiger partial charge on any atom is -0.328 e. The third-order valence-corrected chi connectivity index (χ3v) is 3.12. The Morgan fingerprint density at radius 3 is 2.41 bits per heavy atom. The summed E-state index contributed by atoms with van der Waals surface area (Å²) in [5.74, 6) is 0.109. The summed E-state index contributed by atoms with van der Waals surface area (Å²) in [6.07, 6.45) is 2.07. The van der Waals surface area contributed by atoms with E-state index in [1.807, 2.05) is 6.92 Å². The maximum atomic E-state index is 11.4. The first-order valence-corrected chi connectivity index (χ1v) is 6.02. The van der Waals surface area contributed by atoms with Crippen LogP contribution in [-0.2, 0) is 9.59 Å². The number of piperidine rings is 1. The van der Waals surface area contributed by atoms with Crippen molar-refractivity contribution in [3.8, 4) is 0 Å². The lowest BCUT2D eigenvalue weighted by Gasteiger charge is -2.33. The number of hydrogen-bond acceptors (Lipinski definition) is 4. The predicted octanol–water partition coefficient (Wildman–Crippen LogP) is -0.787. The zero-order valence-corrected chi connectivity index (χ0v) is 10.5. The first kappa shape index (κ1) is 13.9. The van der Waals surface area contributed by atoms with Crippen LogP contribution in [0.3, 0.4) is 0 Å². The van der Waals surface area contributed by atoms with Crippen molar-refractivity contribution in [2.75, 3.05) is 19.6 Å². The lowest BCUT2D eigenvalue weighted by Crippen LogP contribution is -2.48. The Kier molecular flexibility index (Phi) is 5.37. The number of rotatable bonds is 3. The number of amides is 2. The number of nitrogens with one attached hydrogen (secondary N) is 2. The van der Waals surface area contributed by atoms with Crippen LogP contribution >= 0.6 is 0 Å². The summed E-state index contributed by atoms with van der Waals surface area (Å²) in [6, 6.07) is 0.227. The van der Waals surface area contributed by atoms with Gasteiger partial charge in [0.15, 0.2) is 0 Å². The number of nitrogens with two attached hydrogens (primary N) is 1. The van der Waals surface area contributed by atoms with Gasteiger partial charge in [-0.1, -0.05) is 0 Å². The number of carbonyl (C=O) groups is 2. The monoisotopic (exact) mass is 242 g/mol. The smallest absolute Gasteiger partial charge is 0.252 e. The first-order chi connectivity index (χ1) is 7.99. The second kappa shape index (κ2) is 6.56. The molecule has 0 aliphatic carbocycles. The predicted molar refractivity (Wildman–Crippen MR) is 64.8 cm³/mol. The molecular weight excluding hydrogens is 220 g/mol. The van der Waals surface area contributed by atoms with Gasteiger partial charge < -0.3 is 5.73 Å². The molecule has 1 heterocycles. The fourth-order valence-corrected chi connectivity index (χ4v) is 2.04. The second-order valence-electron chi connectivity index (χ2n) is 4.70. The average molecular weight is 242 g/mol. The van der Waals surface area contributed by atoms with Crippen LogP contribution in [0.2, 0.25) is 0 Å². The molecule has 1 fully saturated rings. The van der Waals surface area contributed by atoms with Crippen molar-refractivity contribution in [1.29, 1.82) is 0 Å². The molecule has 1 saturated heterocycles. The van der Waals surface area contributed by atoms with Crippen LogP contribution in [0.5, 0.6) is 0 Å². The van der Waals surface area contributed by atoms with Crippen molar-refractivity contribution in [1.82, 2.24) is 15.8 Å². The summed E-state index contributed by atoms with van der Waals surface area (Å²) >= 11 is 0. The van der Waals surface area contributed by atoms with E-state index in [4.69, 9.17) is 5.73 Å². The highest BCUT2D eigenvalue weighted by Crippen LogP contribution is 2.18. The summed E-state index contributed by atoms with van der Waals surface area (Å²) in [5, 5.41) is 0. The molecule has 2 amide bonds. The van der Waals surface area contributed by atoms with Crippen molar-refractivity contribution in [3.05, 3.63) is 0 Å². The first-order valence-electron chi connectivity index (χ1n) is 6.02. The molecule has 0 aromatic carbocycles. The third kappa shape index (κ3) is 5.14. The molecule has 1 rings (SSSR count). The topological polar surface area (TPSA) is 87.5 Å². The third-order valence-electron chi connectivity index (χ3n) is 3.12. The Labute approximate surface area is 102 Å². The van der Waals surface area contributed by atoms with Crippen molar-refractivity contribution in [2.24, 2.45) is 11.7 Å². The molecule has 1 atom stereocenters. The van der Waals surface area contributed by atoms with Gasteiger partial charge in [-0.05, 0) is 38.8 Å². The Bertz CT molecular complexity index is 273. The molecule has 1 aliphatic heterocycles. The van der Waals surface area contributed by atoms with Gasteiger partial charge in [-0.3, -0.25) is 25.3 Å². The van der Waals surface area contributed by atoms with Gasteiger partial charge in [0, 0.05) is 13.0 Å². The molecule has 1 aliphatic rings. The van der Waals surface area contributed by atoms with Crippen LogP contribution in [0.15, 0.2) is 0 Å². The van der Waals surface area contributed by atoms with Crippen molar-refractivity contribution >= 4 is 11.8 Å². The quantitative estimate of drug-likeness (QED) is 0.566. The van der Waals surface area contributed by atoms with Gasteiger partial charge in [-0.15, -0.1) is 0 Å². The van der Waals surface area contributed by atoms with E-state index in [9.17, 15) is 9.59 Å². The fraction of sp³-hybridized carbons (Fsp3) is 0.818. The van der Waals surface area contributed by atoms with E-state index < -0.39 is 0 Å². The van der Waals surface area contributed by atoms with E-state index in [1.165, 1.54) is 6.92 Å². The number of hydrogen-bond donors (Lipinski definition) is 3. The van der Waals surface area contributed by atoms with E-state index in [1.54, 1.807) is 0 Å². The summed E-state index contributed by atoms with van der Waals surface area (Å²) < 4.78 is 0. The molecule has 0 radical (unpaired) electrons. The number of likely N-dealkylation sites (tertiary alicyclic amines) is 1. The average Bonchev–Trinajstić information content (AvgIpc) is 2.27. The van der Waals surface area contributed by atoms with E-state index in [0.29, 0.717) is 12.5 Å². The van der Waals surface area contributed by atoms with Crippen LogP contribution in [-0.4, -0.2) is 42.4 Å². The normalized spacial score (nSPS) is 19.7. The van der Waals surface area contributed by atoms with Crippen molar-refractivity contribution < 1.29 is 9.59 Å². The maximum Gasteiger partial charge on any atom is 0.252 e. The van der Waals surface area contributed by atoms with Gasteiger partial charge in [0.1, 0.15) is 0 Å². The van der Waals surface area contributed by atoms with Gasteiger partial charge in [-0.2, -0.15) is 0 Å². The number of carbonyl (C=O) groups excluding carboxylic acids is 2. The Hall–Kier alpha value is -1.14. The molecule has 0 aromatic rings. The second-order valence-corrected chi connectivity index (χ2v) is 4.70. The van der Waals surface area contributed by atoms with Gasteiger partial charge in [-0.25, -0.2) is 0 Å². The van der Waals surface area contributed by atoms with Crippen molar-refractivity contribution in [3.63, 3.8) is 0 Å². The standard InChI is InChI=1S/C11H22N4O2/c1-8(12)10-3-5-15(6-4-10)7-11(17)14-13-9(2)16/h8,10H,3-7,12H2,1-2H3,(H,13,16)(H,14,17). The Morgan fingerprint density at radius 2 is 1.94 bits per heavy atom. The SMILES string of the molecule is CC(=O)NNC(=O)CN1CCC(C(C)N)CC1. The van der Waals surface area contributed by atoms with Crippen LogP contribution in [0, 0.1) is 5.92 Å². The fourth-order valence-electron chi connectivity index (χ4n) is 2.04.